The molecule has 2 aromatic rings. The summed E-state index contributed by atoms with van der Waals surface area (Å²) in [5.74, 6) is -4.41. The lowest BCUT2D eigenvalue weighted by atomic mass is 10.2. The molecule has 20 heavy (non-hydrogen) atoms. The number of nitrogens with two attached hydrogens (primary N) is 1. The Morgan fingerprint density at radius 1 is 1.35 bits per heavy atom. The number of nitrogens with zero attached hydrogens (tertiary/aromatic N) is 1. The zero-order chi connectivity index (χ0) is 14.9. The van der Waals surface area contributed by atoms with E-state index in [1.807, 2.05) is 5.32 Å². The number of H-pyrrole nitrogens is 1. The molecule has 0 saturated carbocycles. The van der Waals surface area contributed by atoms with Gasteiger partial charge in [-0.3, -0.25) is 9.89 Å². The largest absolute Gasteiger partial charge is 0.395 e. The summed E-state index contributed by atoms with van der Waals surface area (Å²) in [6.07, 6.45) is 0.519. The summed E-state index contributed by atoms with van der Waals surface area (Å²) in [7, 11) is 0. The van der Waals surface area contributed by atoms with Crippen LogP contribution in [0.25, 0.3) is 0 Å². The first kappa shape index (κ1) is 13.9. The van der Waals surface area contributed by atoms with Crippen LogP contribution in [0.1, 0.15) is 23.1 Å². The van der Waals surface area contributed by atoms with Crippen molar-refractivity contribution in [1.29, 1.82) is 0 Å². The number of benzene rings is 1. The molecule has 1 amide bonds. The van der Waals surface area contributed by atoms with Gasteiger partial charge in [-0.05, 0) is 6.42 Å². The van der Waals surface area contributed by atoms with E-state index >= 15 is 0 Å². The number of nitrogen functional groups attached to an aromatic ring is 1. The highest BCUT2D eigenvalue weighted by Gasteiger charge is 2.20. The average molecular weight is 284 g/mol. The Labute approximate surface area is 112 Å². The number of rotatable bonds is 3. The zero-order valence-corrected chi connectivity index (χ0v) is 10.4. The van der Waals surface area contributed by atoms with Crippen molar-refractivity contribution in [2.75, 3.05) is 11.1 Å². The van der Waals surface area contributed by atoms with E-state index in [1.54, 1.807) is 6.92 Å². The van der Waals surface area contributed by atoms with Crippen molar-refractivity contribution in [3.05, 3.63) is 41.0 Å². The van der Waals surface area contributed by atoms with Crippen molar-refractivity contribution < 1.29 is 18.0 Å². The van der Waals surface area contributed by atoms with E-state index in [9.17, 15) is 18.0 Å². The number of carbonyl (C=O) groups is 1. The maximum atomic E-state index is 13.4. The van der Waals surface area contributed by atoms with Crippen molar-refractivity contribution in [2.24, 2.45) is 0 Å². The molecule has 106 valence electrons. The third kappa shape index (κ3) is 2.44. The molecule has 4 N–H and O–H groups in total. The number of anilines is 2. The van der Waals surface area contributed by atoms with Gasteiger partial charge in [0, 0.05) is 12.1 Å². The zero-order valence-electron chi connectivity index (χ0n) is 10.4. The lowest BCUT2D eigenvalue weighted by molar-refractivity contribution is 0.102. The molecule has 0 aliphatic carbocycles. The van der Waals surface area contributed by atoms with Crippen LogP contribution in [-0.2, 0) is 6.42 Å². The van der Waals surface area contributed by atoms with E-state index in [2.05, 4.69) is 10.2 Å². The molecular formula is C12H11F3N4O. The van der Waals surface area contributed by atoms with Gasteiger partial charge in [0.2, 0.25) is 0 Å². The minimum absolute atomic E-state index is 0.105. The topological polar surface area (TPSA) is 83.8 Å². The third-order valence-electron chi connectivity index (χ3n) is 2.70. The second-order valence-corrected chi connectivity index (χ2v) is 4.02. The van der Waals surface area contributed by atoms with Gasteiger partial charge in [-0.15, -0.1) is 0 Å². The van der Waals surface area contributed by atoms with Crippen LogP contribution in [0.15, 0.2) is 12.1 Å². The number of aromatic amines is 1. The molecule has 1 aromatic carbocycles. The number of carbonyl (C=O) groups excluding carboxylic acids is 1. The molecular weight excluding hydrogens is 273 g/mol. The normalized spacial score (nSPS) is 10.6. The second-order valence-electron chi connectivity index (χ2n) is 4.02. The molecule has 1 heterocycles. The summed E-state index contributed by atoms with van der Waals surface area (Å²) in [6.45, 7) is 1.80. The Bertz CT molecular complexity index is 646. The minimum atomic E-state index is -1.22. The summed E-state index contributed by atoms with van der Waals surface area (Å²) in [4.78, 5) is 11.9. The Balaban J connectivity index is 2.30. The van der Waals surface area contributed by atoms with Crippen molar-refractivity contribution >= 4 is 17.3 Å². The van der Waals surface area contributed by atoms with Crippen LogP contribution in [0.4, 0.5) is 24.5 Å². The predicted octanol–water partition coefficient (Wildman–Crippen LogP) is 2.22. The monoisotopic (exact) mass is 284 g/mol. The number of hydrogen-bond acceptors (Lipinski definition) is 3. The SMILES string of the molecule is CCc1[nH]nc(C(=O)Nc2c(F)cc(F)cc2F)c1N. The fraction of sp³-hybridized carbons (Fsp3) is 0.167. The predicted molar refractivity (Wildman–Crippen MR) is 66.6 cm³/mol. The first-order chi connectivity index (χ1) is 9.43. The molecule has 0 bridgehead atoms. The summed E-state index contributed by atoms with van der Waals surface area (Å²) < 4.78 is 39.6. The van der Waals surface area contributed by atoms with Crippen molar-refractivity contribution in [2.45, 2.75) is 13.3 Å². The van der Waals surface area contributed by atoms with Crippen molar-refractivity contribution in [1.82, 2.24) is 10.2 Å². The van der Waals surface area contributed by atoms with Gasteiger partial charge < -0.3 is 11.1 Å². The third-order valence-corrected chi connectivity index (χ3v) is 2.70. The van der Waals surface area contributed by atoms with E-state index in [0.29, 0.717) is 24.2 Å². The number of nitrogens with one attached hydrogen (secondary N) is 2. The minimum Gasteiger partial charge on any atom is -0.395 e. The highest BCUT2D eigenvalue weighted by molar-refractivity contribution is 6.06. The van der Waals surface area contributed by atoms with Crippen LogP contribution < -0.4 is 11.1 Å². The molecule has 0 fully saturated rings. The first-order valence-electron chi connectivity index (χ1n) is 5.72. The lowest BCUT2D eigenvalue weighted by Crippen LogP contribution is -2.16. The van der Waals surface area contributed by atoms with Crippen LogP contribution in [0.3, 0.4) is 0 Å². The quantitative estimate of drug-likeness (QED) is 0.808. The van der Waals surface area contributed by atoms with E-state index in [0.717, 1.165) is 0 Å². The standard InChI is InChI=1S/C12H11F3N4O/c1-2-8-9(16)11(19-18-8)12(20)17-10-6(14)3-5(13)4-7(10)15/h3-4H,2,16H2,1H3,(H,17,20)(H,18,19). The molecule has 0 aliphatic heterocycles. The van der Waals surface area contributed by atoms with Crippen LogP contribution in [0, 0.1) is 17.5 Å². The van der Waals surface area contributed by atoms with Gasteiger partial charge >= 0.3 is 0 Å². The smallest absolute Gasteiger partial charge is 0.278 e. The number of aryl methyl sites for hydroxylation is 1. The number of hydrogen-bond donors (Lipinski definition) is 3. The van der Waals surface area contributed by atoms with Crippen molar-refractivity contribution in [3.63, 3.8) is 0 Å². The Kier molecular flexibility index (Phi) is 3.64. The molecule has 8 heteroatoms. The molecule has 0 saturated heterocycles. The summed E-state index contributed by atoms with van der Waals surface area (Å²) in [6, 6.07) is 0.925. The molecule has 1 aromatic heterocycles. The first-order valence-corrected chi connectivity index (χ1v) is 5.72. The van der Waals surface area contributed by atoms with Gasteiger partial charge in [0.05, 0.1) is 11.4 Å². The Morgan fingerprint density at radius 3 is 2.45 bits per heavy atom. The van der Waals surface area contributed by atoms with Gasteiger partial charge in [0.15, 0.2) is 17.3 Å². The number of amides is 1. The maximum Gasteiger partial charge on any atom is 0.278 e. The van der Waals surface area contributed by atoms with E-state index in [4.69, 9.17) is 5.73 Å². The fourth-order valence-electron chi connectivity index (χ4n) is 1.66. The maximum absolute atomic E-state index is 13.4. The Morgan fingerprint density at radius 2 is 1.95 bits per heavy atom. The van der Waals surface area contributed by atoms with E-state index < -0.39 is 29.0 Å². The second kappa shape index (κ2) is 5.24. The lowest BCUT2D eigenvalue weighted by Gasteiger charge is -2.06. The van der Waals surface area contributed by atoms with Gasteiger partial charge in [0.25, 0.3) is 5.91 Å². The molecule has 0 unspecified atom stereocenters. The number of halogens is 3. The molecule has 0 spiro atoms. The summed E-state index contributed by atoms with van der Waals surface area (Å²) in [5.41, 5.74) is 5.38. The highest BCUT2D eigenvalue weighted by Crippen LogP contribution is 2.22. The van der Waals surface area contributed by atoms with Gasteiger partial charge in [-0.2, -0.15) is 5.10 Å². The van der Waals surface area contributed by atoms with Gasteiger partial charge in [-0.25, -0.2) is 13.2 Å². The van der Waals surface area contributed by atoms with E-state index in [1.165, 1.54) is 0 Å². The van der Waals surface area contributed by atoms with Crippen LogP contribution in [0.2, 0.25) is 0 Å². The highest BCUT2D eigenvalue weighted by atomic mass is 19.1. The molecule has 0 radical (unpaired) electrons. The Hall–Kier alpha value is -2.51. The molecule has 0 atom stereocenters. The van der Waals surface area contributed by atoms with Crippen LogP contribution in [0.5, 0.6) is 0 Å². The van der Waals surface area contributed by atoms with Crippen LogP contribution >= 0.6 is 0 Å². The summed E-state index contributed by atoms with van der Waals surface area (Å²) in [5, 5.41) is 8.21. The molecule has 5 nitrogen and oxygen atoms in total. The average Bonchev–Trinajstić information content (AvgIpc) is 2.74. The fourth-order valence-corrected chi connectivity index (χ4v) is 1.66. The van der Waals surface area contributed by atoms with Crippen molar-refractivity contribution in [3.8, 4) is 0 Å². The van der Waals surface area contributed by atoms with E-state index in [-0.39, 0.29) is 11.4 Å². The van der Waals surface area contributed by atoms with Crippen LogP contribution in [-0.4, -0.2) is 16.1 Å². The van der Waals surface area contributed by atoms with Gasteiger partial charge in [-0.1, -0.05) is 6.92 Å². The molecule has 2 rings (SSSR count). The summed E-state index contributed by atoms with van der Waals surface area (Å²) >= 11 is 0. The molecule has 0 aliphatic rings. The van der Waals surface area contributed by atoms with Gasteiger partial charge in [0.1, 0.15) is 11.5 Å². The number of aromatic nitrogens is 2.